The van der Waals surface area contributed by atoms with E-state index in [0.29, 0.717) is 11.0 Å². The number of aliphatic carboxylic acids is 1. The molecule has 0 aromatic rings. The summed E-state index contributed by atoms with van der Waals surface area (Å²) in [4.78, 5) is 11.1. The summed E-state index contributed by atoms with van der Waals surface area (Å²) in [6, 6.07) is 0. The minimum absolute atomic E-state index is 0.272. The van der Waals surface area contributed by atoms with Gasteiger partial charge in [-0.1, -0.05) is 95.8 Å². The summed E-state index contributed by atoms with van der Waals surface area (Å²) in [5.74, 6) is -0.980. The Morgan fingerprint density at radius 1 is 0.828 bits per heavy atom. The van der Waals surface area contributed by atoms with Crippen LogP contribution in [0.1, 0.15) is 96.8 Å². The van der Waals surface area contributed by atoms with Crippen molar-refractivity contribution < 1.29 is 19.5 Å². The lowest BCUT2D eigenvalue weighted by molar-refractivity contribution is -0.876. The molecule has 0 aliphatic heterocycles. The van der Waals surface area contributed by atoms with Gasteiger partial charge in [0.25, 0.3) is 0 Å². The van der Waals surface area contributed by atoms with Crippen molar-refractivity contribution in [2.24, 2.45) is 0 Å². The number of rotatable bonds is 19. The number of carbonyl (C=O) groups is 1. The van der Waals surface area contributed by atoms with Gasteiger partial charge in [-0.3, -0.25) is 4.79 Å². The van der Waals surface area contributed by atoms with Crippen molar-refractivity contribution in [2.75, 3.05) is 27.7 Å². The van der Waals surface area contributed by atoms with E-state index in [1.54, 1.807) is 12.2 Å². The molecule has 4 heteroatoms. The highest BCUT2D eigenvalue weighted by molar-refractivity contribution is 5.68. The van der Waals surface area contributed by atoms with E-state index in [1.807, 2.05) is 27.2 Å². The van der Waals surface area contributed by atoms with Crippen LogP contribution in [0.3, 0.4) is 0 Å². The van der Waals surface area contributed by atoms with Gasteiger partial charge in [0.15, 0.2) is 0 Å². The lowest BCUT2D eigenvalue weighted by Gasteiger charge is -2.32. The molecule has 0 rings (SSSR count). The first-order valence-corrected chi connectivity index (χ1v) is 11.8. The molecule has 0 aliphatic rings. The summed E-state index contributed by atoms with van der Waals surface area (Å²) in [7, 11) is 5.85. The third-order valence-electron chi connectivity index (χ3n) is 5.08. The zero-order chi connectivity index (χ0) is 22.0. The molecule has 0 amide bonds. The van der Waals surface area contributed by atoms with Crippen LogP contribution in [-0.4, -0.2) is 54.0 Å². The molecule has 0 aliphatic carbocycles. The third-order valence-corrected chi connectivity index (χ3v) is 5.08. The van der Waals surface area contributed by atoms with Crippen molar-refractivity contribution in [2.45, 2.75) is 102 Å². The van der Waals surface area contributed by atoms with Gasteiger partial charge in [-0.2, -0.15) is 0 Å². The van der Waals surface area contributed by atoms with Crippen molar-refractivity contribution in [1.82, 2.24) is 0 Å². The first kappa shape index (κ1) is 27.9. The maximum absolute atomic E-state index is 11.1. The second-order valence-corrected chi connectivity index (χ2v) is 9.59. The lowest BCUT2D eigenvalue weighted by atomic mass is 9.97. The second kappa shape index (κ2) is 16.6. The molecule has 0 heterocycles. The Labute approximate surface area is 180 Å². The molecule has 2 N–H and O–H groups in total. The highest BCUT2D eigenvalue weighted by atomic mass is 16.4. The normalized spacial score (nSPS) is 14.7. The molecule has 29 heavy (non-hydrogen) atoms. The summed E-state index contributed by atoms with van der Waals surface area (Å²) in [5.41, 5.74) is -1.32. The molecule has 0 saturated carbocycles. The average Bonchev–Trinajstić information content (AvgIpc) is 2.59. The van der Waals surface area contributed by atoms with Gasteiger partial charge >= 0.3 is 5.97 Å². The van der Waals surface area contributed by atoms with E-state index in [9.17, 15) is 9.90 Å². The Kier molecular flexibility index (Phi) is 16.0. The van der Waals surface area contributed by atoms with Crippen LogP contribution in [0.5, 0.6) is 0 Å². The van der Waals surface area contributed by atoms with Gasteiger partial charge in [-0.05, 0) is 18.9 Å². The Bertz CT molecular complexity index is 465. The van der Waals surface area contributed by atoms with Crippen LogP contribution in [0.15, 0.2) is 24.3 Å². The minimum Gasteiger partial charge on any atom is -0.481 e. The molecule has 0 aromatic heterocycles. The van der Waals surface area contributed by atoms with Crippen molar-refractivity contribution in [3.63, 3.8) is 0 Å². The fourth-order valence-corrected chi connectivity index (χ4v) is 3.76. The van der Waals surface area contributed by atoms with Crippen LogP contribution < -0.4 is 0 Å². The second-order valence-electron chi connectivity index (χ2n) is 9.59. The Morgan fingerprint density at radius 3 is 1.76 bits per heavy atom. The maximum Gasteiger partial charge on any atom is 0.306 e. The summed E-state index contributed by atoms with van der Waals surface area (Å²) in [6.07, 6.45) is 24.5. The van der Waals surface area contributed by atoms with Crippen LogP contribution in [-0.2, 0) is 4.79 Å². The average molecular weight is 411 g/mol. The number of nitrogens with zero attached hydrogens (tertiary/aromatic N) is 1. The smallest absolute Gasteiger partial charge is 0.306 e. The Balaban J connectivity index is 3.81. The summed E-state index contributed by atoms with van der Waals surface area (Å²) < 4.78 is 0.511. The van der Waals surface area contributed by atoms with Crippen molar-refractivity contribution in [3.8, 4) is 0 Å². The van der Waals surface area contributed by atoms with E-state index < -0.39 is 11.6 Å². The SMILES string of the molecule is CCCCCCCCCCCCCCC=CC=CC(O)(CC(=O)O)C[N+](C)(C)C. The standard InChI is InChI=1S/C25H47NO3/c1-5-6-7-8-9-10-11-12-13-14-15-16-17-18-19-20-21-25(29,22-24(27)28)23-26(2,3)4/h18-21,29H,5-17,22-23H2,1-4H3/p+1. The monoisotopic (exact) mass is 410 g/mol. The predicted octanol–water partition coefficient (Wildman–Crippen LogP) is 6.10. The number of likely N-dealkylation sites (N-methyl/N-ethyl adjacent to an activating group) is 1. The first-order valence-electron chi connectivity index (χ1n) is 11.8. The fourth-order valence-electron chi connectivity index (χ4n) is 3.76. The quantitative estimate of drug-likeness (QED) is 0.154. The minimum atomic E-state index is -1.32. The molecule has 0 saturated heterocycles. The number of allylic oxidation sites excluding steroid dienone is 3. The van der Waals surface area contributed by atoms with E-state index in [1.165, 1.54) is 77.0 Å². The van der Waals surface area contributed by atoms with Gasteiger partial charge in [-0.25, -0.2) is 0 Å². The maximum atomic E-state index is 11.1. The highest BCUT2D eigenvalue weighted by Crippen LogP contribution is 2.17. The van der Waals surface area contributed by atoms with E-state index in [2.05, 4.69) is 13.0 Å². The first-order chi connectivity index (χ1) is 13.7. The van der Waals surface area contributed by atoms with Crippen LogP contribution in [0.2, 0.25) is 0 Å². The van der Waals surface area contributed by atoms with Gasteiger partial charge < -0.3 is 14.7 Å². The van der Waals surface area contributed by atoms with Gasteiger partial charge in [0.05, 0.1) is 27.6 Å². The Morgan fingerprint density at radius 2 is 1.31 bits per heavy atom. The number of unbranched alkanes of at least 4 members (excludes halogenated alkanes) is 12. The molecule has 0 aromatic carbocycles. The summed E-state index contributed by atoms with van der Waals surface area (Å²) in [6.45, 7) is 2.63. The largest absolute Gasteiger partial charge is 0.481 e. The molecular weight excluding hydrogens is 362 g/mol. The van der Waals surface area contributed by atoms with Gasteiger partial charge in [-0.15, -0.1) is 0 Å². The van der Waals surface area contributed by atoms with Crippen LogP contribution in [0, 0.1) is 0 Å². The van der Waals surface area contributed by atoms with Crippen molar-refractivity contribution in [1.29, 1.82) is 0 Å². The van der Waals surface area contributed by atoms with E-state index in [0.717, 1.165) is 6.42 Å². The van der Waals surface area contributed by atoms with E-state index >= 15 is 0 Å². The number of hydrogen-bond acceptors (Lipinski definition) is 2. The van der Waals surface area contributed by atoms with Gasteiger partial charge in [0.1, 0.15) is 12.1 Å². The summed E-state index contributed by atoms with van der Waals surface area (Å²) >= 11 is 0. The zero-order valence-corrected chi connectivity index (χ0v) is 19.7. The molecule has 0 fully saturated rings. The number of carboxylic acids is 1. The topological polar surface area (TPSA) is 57.5 Å². The van der Waals surface area contributed by atoms with Crippen LogP contribution in [0.25, 0.3) is 0 Å². The molecule has 1 atom stereocenters. The van der Waals surface area contributed by atoms with Crippen molar-refractivity contribution in [3.05, 3.63) is 24.3 Å². The zero-order valence-electron chi connectivity index (χ0n) is 19.7. The molecule has 0 bridgehead atoms. The number of aliphatic hydroxyl groups is 1. The van der Waals surface area contributed by atoms with Crippen molar-refractivity contribution >= 4 is 5.97 Å². The Hall–Kier alpha value is -1.13. The molecule has 0 spiro atoms. The molecule has 4 nitrogen and oxygen atoms in total. The third kappa shape index (κ3) is 19.9. The number of hydrogen-bond donors (Lipinski definition) is 2. The lowest BCUT2D eigenvalue weighted by Crippen LogP contribution is -2.49. The van der Waals surface area contributed by atoms with E-state index in [4.69, 9.17) is 5.11 Å². The van der Waals surface area contributed by atoms with Gasteiger partial charge in [0.2, 0.25) is 0 Å². The predicted molar refractivity (Wildman–Crippen MR) is 124 cm³/mol. The fraction of sp³-hybridized carbons (Fsp3) is 0.800. The van der Waals surface area contributed by atoms with E-state index in [-0.39, 0.29) is 6.42 Å². The van der Waals surface area contributed by atoms with Crippen LogP contribution >= 0.6 is 0 Å². The molecule has 1 unspecified atom stereocenters. The highest BCUT2D eigenvalue weighted by Gasteiger charge is 2.33. The molecular formula is C25H48NO3+. The van der Waals surface area contributed by atoms with Crippen LogP contribution in [0.4, 0.5) is 0 Å². The number of carboxylic acid groups (broad SMARTS) is 1. The molecule has 170 valence electrons. The molecule has 0 radical (unpaired) electrons. The number of quaternary nitrogens is 1. The summed E-state index contributed by atoms with van der Waals surface area (Å²) in [5, 5.41) is 19.7. The van der Waals surface area contributed by atoms with Gasteiger partial charge in [0, 0.05) is 0 Å².